The minimum atomic E-state index is 0.00351. The summed E-state index contributed by atoms with van der Waals surface area (Å²) < 4.78 is 5.46. The van der Waals surface area contributed by atoms with Gasteiger partial charge in [-0.25, -0.2) is 0 Å². The summed E-state index contributed by atoms with van der Waals surface area (Å²) in [5.41, 5.74) is 1.10. The van der Waals surface area contributed by atoms with E-state index in [9.17, 15) is 9.59 Å². The molecule has 0 bridgehead atoms. The van der Waals surface area contributed by atoms with Crippen LogP contribution in [0.1, 0.15) is 54.3 Å². The molecule has 2 amide bonds. The summed E-state index contributed by atoms with van der Waals surface area (Å²) in [5, 5.41) is 0. The third kappa shape index (κ3) is 9.74. The molecule has 0 spiro atoms. The lowest BCUT2D eigenvalue weighted by Crippen LogP contribution is -2.47. The molecule has 1 aliphatic rings. The maximum absolute atomic E-state index is 13.6. The fraction of sp³-hybridized carbons (Fsp3) is 0.571. The van der Waals surface area contributed by atoms with Crippen molar-refractivity contribution in [1.82, 2.24) is 14.7 Å². The van der Waals surface area contributed by atoms with Crippen molar-refractivity contribution in [1.29, 1.82) is 0 Å². The highest BCUT2D eigenvalue weighted by molar-refractivity contribution is 7.11. The van der Waals surface area contributed by atoms with Crippen LogP contribution < -0.4 is 0 Å². The number of thiophene rings is 1. The first kappa shape index (κ1) is 27.4. The zero-order valence-corrected chi connectivity index (χ0v) is 22.2. The van der Waals surface area contributed by atoms with Gasteiger partial charge in [0.2, 0.25) is 11.8 Å². The van der Waals surface area contributed by atoms with E-state index < -0.39 is 0 Å². The van der Waals surface area contributed by atoms with Gasteiger partial charge in [0.15, 0.2) is 0 Å². The number of benzene rings is 1. The van der Waals surface area contributed by atoms with Crippen molar-refractivity contribution in [3.63, 3.8) is 0 Å². The molecule has 6 nitrogen and oxygen atoms in total. The van der Waals surface area contributed by atoms with Gasteiger partial charge < -0.3 is 14.5 Å². The second-order valence-electron chi connectivity index (χ2n) is 9.33. The molecule has 0 unspecified atom stereocenters. The number of hydrogen-bond donors (Lipinski definition) is 0. The summed E-state index contributed by atoms with van der Waals surface area (Å²) in [4.78, 5) is 35.2. The first-order valence-corrected chi connectivity index (χ1v) is 13.8. The van der Waals surface area contributed by atoms with E-state index >= 15 is 0 Å². The Morgan fingerprint density at radius 3 is 2.40 bits per heavy atom. The molecule has 1 aromatic heterocycles. The average Bonchev–Trinajstić information content (AvgIpc) is 3.29. The van der Waals surface area contributed by atoms with Gasteiger partial charge in [-0.3, -0.25) is 14.5 Å². The van der Waals surface area contributed by atoms with E-state index in [4.69, 9.17) is 4.74 Å². The van der Waals surface area contributed by atoms with Crippen molar-refractivity contribution in [2.24, 2.45) is 0 Å². The van der Waals surface area contributed by atoms with Crippen molar-refractivity contribution in [2.45, 2.75) is 59.0 Å². The lowest BCUT2D eigenvalue weighted by atomic mass is 10.1. The smallest absolute Gasteiger partial charge is 0.242 e. The molecular formula is C28H41N3O3S. The lowest BCUT2D eigenvalue weighted by Gasteiger charge is -2.31. The van der Waals surface area contributed by atoms with Gasteiger partial charge in [0, 0.05) is 48.9 Å². The second-order valence-corrected chi connectivity index (χ2v) is 10.7. The van der Waals surface area contributed by atoms with Crippen LogP contribution in [0.4, 0.5) is 0 Å². The van der Waals surface area contributed by atoms with Gasteiger partial charge in [-0.05, 0) is 31.0 Å². The van der Waals surface area contributed by atoms with Crippen LogP contribution in [0.25, 0.3) is 0 Å². The minimum Gasteiger partial charge on any atom is -0.379 e. The second kappa shape index (κ2) is 15.0. The van der Waals surface area contributed by atoms with Crippen molar-refractivity contribution < 1.29 is 14.3 Å². The number of unbranched alkanes of at least 4 members (excludes halogenated alkanes) is 3. The van der Waals surface area contributed by atoms with Gasteiger partial charge in [-0.2, -0.15) is 0 Å². The maximum Gasteiger partial charge on any atom is 0.242 e. The molecule has 0 radical (unpaired) electrons. The molecular weight excluding hydrogens is 458 g/mol. The van der Waals surface area contributed by atoms with E-state index in [1.807, 2.05) is 23.1 Å². The van der Waals surface area contributed by atoms with E-state index in [0.717, 1.165) is 69.0 Å². The molecule has 35 heavy (non-hydrogen) atoms. The number of morpholine rings is 1. The van der Waals surface area contributed by atoms with Crippen LogP contribution in [-0.4, -0.2) is 72.5 Å². The lowest BCUT2D eigenvalue weighted by molar-refractivity contribution is -0.141. The first-order chi connectivity index (χ1) is 17.0. The molecule has 3 rings (SSSR count). The number of ether oxygens (including phenoxy) is 1. The molecule has 2 aromatic rings. The van der Waals surface area contributed by atoms with Crippen LogP contribution >= 0.6 is 11.3 Å². The quantitative estimate of drug-likeness (QED) is 0.353. The highest BCUT2D eigenvalue weighted by atomic mass is 32.1. The highest BCUT2D eigenvalue weighted by Crippen LogP contribution is 2.19. The summed E-state index contributed by atoms with van der Waals surface area (Å²) in [6.45, 7) is 10.1. The molecule has 2 heterocycles. The monoisotopic (exact) mass is 499 g/mol. The molecule has 0 atom stereocenters. The topological polar surface area (TPSA) is 53.1 Å². The summed E-state index contributed by atoms with van der Waals surface area (Å²) in [5.74, 6) is 0.0955. The molecule has 0 saturated carbocycles. The van der Waals surface area contributed by atoms with Gasteiger partial charge in [0.1, 0.15) is 0 Å². The van der Waals surface area contributed by atoms with Gasteiger partial charge in [0.25, 0.3) is 0 Å². The summed E-state index contributed by atoms with van der Waals surface area (Å²) >= 11 is 1.72. The van der Waals surface area contributed by atoms with Crippen LogP contribution in [0, 0.1) is 6.92 Å². The number of hydrogen-bond acceptors (Lipinski definition) is 5. The number of amides is 2. The molecule has 0 N–H and O–H groups in total. The maximum atomic E-state index is 13.6. The van der Waals surface area contributed by atoms with E-state index in [1.54, 1.807) is 16.2 Å². The summed E-state index contributed by atoms with van der Waals surface area (Å²) in [6, 6.07) is 14.3. The summed E-state index contributed by atoms with van der Waals surface area (Å²) in [7, 11) is 0. The van der Waals surface area contributed by atoms with E-state index in [1.165, 1.54) is 4.88 Å². The Labute approximate surface area is 214 Å². The largest absolute Gasteiger partial charge is 0.379 e. The van der Waals surface area contributed by atoms with E-state index in [-0.39, 0.29) is 18.4 Å². The van der Waals surface area contributed by atoms with E-state index in [0.29, 0.717) is 26.1 Å². The van der Waals surface area contributed by atoms with Crippen LogP contribution in [0.5, 0.6) is 0 Å². The van der Waals surface area contributed by atoms with Crippen LogP contribution in [0.3, 0.4) is 0 Å². The Balaban J connectivity index is 1.68. The fourth-order valence-corrected chi connectivity index (χ4v) is 5.20. The minimum absolute atomic E-state index is 0.00351. The number of carbonyl (C=O) groups excluding carboxylic acids is 2. The van der Waals surface area contributed by atoms with Crippen molar-refractivity contribution in [2.75, 3.05) is 45.9 Å². The Kier molecular flexibility index (Phi) is 11.7. The Bertz CT molecular complexity index is 896. The standard InChI is InChI=1S/C28H41N3O3S/c1-3-4-5-9-12-27(32)30(16-15-29-17-19-34-20-18-29)23-28(33)31(21-25-10-7-6-8-11-25)22-26-14-13-24(2)35-26/h6-8,10-11,13-14H,3-5,9,12,15-23H2,1-2H3. The predicted molar refractivity (Wildman–Crippen MR) is 142 cm³/mol. The zero-order chi connectivity index (χ0) is 24.9. The molecule has 0 aliphatic carbocycles. The van der Waals surface area contributed by atoms with E-state index in [2.05, 4.69) is 43.0 Å². The molecule has 1 saturated heterocycles. The number of aryl methyl sites for hydroxylation is 1. The van der Waals surface area contributed by atoms with Crippen molar-refractivity contribution >= 4 is 23.2 Å². The van der Waals surface area contributed by atoms with Gasteiger partial charge >= 0.3 is 0 Å². The molecule has 1 aromatic carbocycles. The molecule has 1 fully saturated rings. The highest BCUT2D eigenvalue weighted by Gasteiger charge is 2.23. The Hall–Kier alpha value is -2.22. The molecule has 1 aliphatic heterocycles. The van der Waals surface area contributed by atoms with Crippen LogP contribution in [0.2, 0.25) is 0 Å². The Morgan fingerprint density at radius 1 is 0.943 bits per heavy atom. The third-order valence-electron chi connectivity index (χ3n) is 6.42. The normalized spacial score (nSPS) is 14.1. The van der Waals surface area contributed by atoms with Gasteiger partial charge in [0.05, 0.1) is 26.3 Å². The van der Waals surface area contributed by atoms with Crippen molar-refractivity contribution in [3.8, 4) is 0 Å². The zero-order valence-electron chi connectivity index (χ0n) is 21.4. The third-order valence-corrected chi connectivity index (χ3v) is 7.41. The number of rotatable bonds is 14. The Morgan fingerprint density at radius 2 is 1.71 bits per heavy atom. The van der Waals surface area contributed by atoms with Crippen LogP contribution in [-0.2, 0) is 27.4 Å². The first-order valence-electron chi connectivity index (χ1n) is 13.0. The number of nitrogens with zero attached hydrogens (tertiary/aromatic N) is 3. The SMILES string of the molecule is CCCCCCC(=O)N(CCN1CCOCC1)CC(=O)N(Cc1ccccc1)Cc1ccc(C)s1. The van der Waals surface area contributed by atoms with Crippen molar-refractivity contribution in [3.05, 3.63) is 57.8 Å². The average molecular weight is 500 g/mol. The van der Waals surface area contributed by atoms with Gasteiger partial charge in [-0.15, -0.1) is 11.3 Å². The van der Waals surface area contributed by atoms with Gasteiger partial charge in [-0.1, -0.05) is 56.5 Å². The fourth-order valence-electron chi connectivity index (χ4n) is 4.30. The predicted octanol–water partition coefficient (Wildman–Crippen LogP) is 4.72. The molecule has 7 heteroatoms. The van der Waals surface area contributed by atoms with Crippen LogP contribution in [0.15, 0.2) is 42.5 Å². The molecule has 192 valence electrons. The number of carbonyl (C=O) groups is 2. The summed E-state index contributed by atoms with van der Waals surface area (Å²) in [6.07, 6.45) is 4.75.